The van der Waals surface area contributed by atoms with Gasteiger partial charge in [-0.15, -0.1) is 0 Å². The summed E-state index contributed by atoms with van der Waals surface area (Å²) in [5.41, 5.74) is 1.54. The molecule has 0 saturated carbocycles. The fourth-order valence-electron chi connectivity index (χ4n) is 1.34. The van der Waals surface area contributed by atoms with Crippen LogP contribution in [0.4, 0.5) is 5.69 Å². The summed E-state index contributed by atoms with van der Waals surface area (Å²) in [5.74, 6) is 0.00454. The van der Waals surface area contributed by atoms with Gasteiger partial charge < -0.3 is 0 Å². The molecule has 1 aromatic rings. The normalized spacial score (nSPS) is 9.86. The molecule has 0 aromatic heterocycles. The van der Waals surface area contributed by atoms with Crippen molar-refractivity contribution in [3.8, 4) is 0 Å². The van der Waals surface area contributed by atoms with Crippen molar-refractivity contribution in [2.75, 3.05) is 0 Å². The molecule has 1 aromatic carbocycles. The molecular formula is C10H11NO3. The molecule has 0 aliphatic carbocycles. The Morgan fingerprint density at radius 2 is 2.07 bits per heavy atom. The number of hydrogen-bond acceptors (Lipinski definition) is 3. The Morgan fingerprint density at radius 1 is 1.43 bits per heavy atom. The van der Waals surface area contributed by atoms with E-state index >= 15 is 0 Å². The van der Waals surface area contributed by atoms with Gasteiger partial charge >= 0.3 is 0 Å². The average molecular weight is 193 g/mol. The van der Waals surface area contributed by atoms with Gasteiger partial charge in [-0.25, -0.2) is 0 Å². The maximum atomic E-state index is 10.8. The van der Waals surface area contributed by atoms with Crippen molar-refractivity contribution in [2.24, 2.45) is 0 Å². The van der Waals surface area contributed by atoms with Crippen LogP contribution in [0.5, 0.6) is 0 Å². The number of hydrogen-bond donors (Lipinski definition) is 0. The van der Waals surface area contributed by atoms with Gasteiger partial charge in [0.05, 0.1) is 4.92 Å². The highest BCUT2D eigenvalue weighted by molar-refractivity contribution is 5.78. The van der Waals surface area contributed by atoms with Crippen LogP contribution >= 0.6 is 0 Å². The molecule has 4 heteroatoms. The number of Topliss-reactive ketones (excluding diaryl/α,β-unsaturated/α-hetero) is 1. The largest absolute Gasteiger partial charge is 0.300 e. The zero-order valence-corrected chi connectivity index (χ0v) is 8.11. The van der Waals surface area contributed by atoms with E-state index in [2.05, 4.69) is 0 Å². The third-order valence-corrected chi connectivity index (χ3v) is 1.79. The molecular weight excluding hydrogens is 182 g/mol. The average Bonchev–Trinajstić information content (AvgIpc) is 2.01. The van der Waals surface area contributed by atoms with E-state index in [1.165, 1.54) is 19.1 Å². The summed E-state index contributed by atoms with van der Waals surface area (Å²) in [6.07, 6.45) is 0.253. The van der Waals surface area contributed by atoms with Gasteiger partial charge in [-0.1, -0.05) is 6.07 Å². The number of carbonyl (C=O) groups excluding carboxylic acids is 1. The molecule has 0 bridgehead atoms. The summed E-state index contributed by atoms with van der Waals surface area (Å²) in [7, 11) is 0. The smallest absolute Gasteiger partial charge is 0.269 e. The van der Waals surface area contributed by atoms with Crippen LogP contribution in [0, 0.1) is 17.0 Å². The Labute approximate surface area is 81.7 Å². The van der Waals surface area contributed by atoms with Crippen LogP contribution in [-0.2, 0) is 11.2 Å². The number of nitrogens with zero attached hydrogens (tertiary/aromatic N) is 1. The van der Waals surface area contributed by atoms with Crippen LogP contribution in [-0.4, -0.2) is 10.7 Å². The van der Waals surface area contributed by atoms with Gasteiger partial charge in [0.1, 0.15) is 5.78 Å². The number of non-ortho nitro benzene ring substituents is 1. The van der Waals surface area contributed by atoms with Crippen LogP contribution in [0.2, 0.25) is 0 Å². The van der Waals surface area contributed by atoms with Crippen molar-refractivity contribution in [3.63, 3.8) is 0 Å². The maximum absolute atomic E-state index is 10.8. The zero-order chi connectivity index (χ0) is 10.7. The van der Waals surface area contributed by atoms with E-state index in [4.69, 9.17) is 0 Å². The maximum Gasteiger partial charge on any atom is 0.269 e. The van der Waals surface area contributed by atoms with Crippen molar-refractivity contribution >= 4 is 11.5 Å². The van der Waals surface area contributed by atoms with Gasteiger partial charge in [0.2, 0.25) is 0 Å². The van der Waals surface area contributed by atoms with Crippen molar-refractivity contribution in [1.29, 1.82) is 0 Å². The van der Waals surface area contributed by atoms with Gasteiger partial charge in [-0.3, -0.25) is 14.9 Å². The highest BCUT2D eigenvalue weighted by atomic mass is 16.6. The summed E-state index contributed by atoms with van der Waals surface area (Å²) in [4.78, 5) is 20.9. The molecule has 0 atom stereocenters. The van der Waals surface area contributed by atoms with Crippen molar-refractivity contribution in [2.45, 2.75) is 20.3 Å². The lowest BCUT2D eigenvalue weighted by atomic mass is 10.1. The second-order valence-corrected chi connectivity index (χ2v) is 3.31. The highest BCUT2D eigenvalue weighted by Crippen LogP contribution is 2.17. The van der Waals surface area contributed by atoms with Crippen molar-refractivity contribution < 1.29 is 9.72 Å². The third-order valence-electron chi connectivity index (χ3n) is 1.79. The van der Waals surface area contributed by atoms with Crippen LogP contribution in [0.1, 0.15) is 18.1 Å². The number of benzene rings is 1. The molecule has 74 valence electrons. The van der Waals surface area contributed by atoms with Gasteiger partial charge in [0.25, 0.3) is 5.69 Å². The lowest BCUT2D eigenvalue weighted by Crippen LogP contribution is -1.98. The highest BCUT2D eigenvalue weighted by Gasteiger charge is 2.08. The molecule has 0 saturated heterocycles. The molecule has 4 nitrogen and oxygen atoms in total. The van der Waals surface area contributed by atoms with E-state index in [0.717, 1.165) is 5.56 Å². The summed E-state index contributed by atoms with van der Waals surface area (Å²) >= 11 is 0. The van der Waals surface area contributed by atoms with E-state index in [9.17, 15) is 14.9 Å². The number of carbonyl (C=O) groups is 1. The van der Waals surface area contributed by atoms with Gasteiger partial charge in [-0.2, -0.15) is 0 Å². The lowest BCUT2D eigenvalue weighted by Gasteiger charge is -2.00. The Kier molecular flexibility index (Phi) is 2.96. The number of aryl methyl sites for hydroxylation is 1. The van der Waals surface area contributed by atoms with Crippen LogP contribution in [0.25, 0.3) is 0 Å². The third kappa shape index (κ3) is 2.65. The predicted molar refractivity (Wildman–Crippen MR) is 52.2 cm³/mol. The fourth-order valence-corrected chi connectivity index (χ4v) is 1.34. The quantitative estimate of drug-likeness (QED) is 0.545. The predicted octanol–water partition coefficient (Wildman–Crippen LogP) is 2.03. The fraction of sp³-hybridized carbons (Fsp3) is 0.300. The summed E-state index contributed by atoms with van der Waals surface area (Å²) < 4.78 is 0. The Balaban J connectivity index is 3.07. The molecule has 0 N–H and O–H groups in total. The number of nitro groups is 1. The number of rotatable bonds is 3. The first-order valence-corrected chi connectivity index (χ1v) is 4.23. The molecule has 0 heterocycles. The van der Waals surface area contributed by atoms with Crippen LogP contribution in [0.15, 0.2) is 18.2 Å². The van der Waals surface area contributed by atoms with Crippen molar-refractivity contribution in [3.05, 3.63) is 39.4 Å². The molecule has 0 spiro atoms. The minimum absolute atomic E-state index is 0.00454. The second-order valence-electron chi connectivity index (χ2n) is 3.31. The van der Waals surface area contributed by atoms with E-state index in [1.807, 2.05) is 0 Å². The first-order valence-electron chi connectivity index (χ1n) is 4.23. The molecule has 0 aliphatic rings. The Morgan fingerprint density at radius 3 is 2.57 bits per heavy atom. The van der Waals surface area contributed by atoms with Gasteiger partial charge in [0.15, 0.2) is 0 Å². The standard InChI is InChI=1S/C10H11NO3/c1-7-3-9(5-8(2)12)6-10(4-7)11(13)14/h3-4,6H,5H2,1-2H3. The molecule has 0 amide bonds. The lowest BCUT2D eigenvalue weighted by molar-refractivity contribution is -0.385. The molecule has 0 aliphatic heterocycles. The number of ketones is 1. The summed E-state index contributed by atoms with van der Waals surface area (Å²) in [6.45, 7) is 3.24. The van der Waals surface area contributed by atoms with Gasteiger partial charge in [-0.05, 0) is 25.0 Å². The molecule has 0 unspecified atom stereocenters. The van der Waals surface area contributed by atoms with E-state index < -0.39 is 4.92 Å². The first kappa shape index (κ1) is 10.4. The Hall–Kier alpha value is -1.71. The van der Waals surface area contributed by atoms with E-state index in [0.29, 0.717) is 5.56 Å². The molecule has 0 radical (unpaired) electrons. The zero-order valence-electron chi connectivity index (χ0n) is 8.11. The summed E-state index contributed by atoms with van der Waals surface area (Å²) in [5, 5.41) is 10.5. The minimum Gasteiger partial charge on any atom is -0.300 e. The number of nitro benzene ring substituents is 1. The molecule has 0 fully saturated rings. The monoisotopic (exact) mass is 193 g/mol. The van der Waals surface area contributed by atoms with Crippen LogP contribution < -0.4 is 0 Å². The van der Waals surface area contributed by atoms with Crippen LogP contribution in [0.3, 0.4) is 0 Å². The van der Waals surface area contributed by atoms with Crippen molar-refractivity contribution in [1.82, 2.24) is 0 Å². The summed E-state index contributed by atoms with van der Waals surface area (Å²) in [6, 6.07) is 4.71. The van der Waals surface area contributed by atoms with E-state index in [-0.39, 0.29) is 17.9 Å². The Bertz CT molecular complexity index is 385. The molecule has 14 heavy (non-hydrogen) atoms. The van der Waals surface area contributed by atoms with Gasteiger partial charge in [0, 0.05) is 18.6 Å². The van der Waals surface area contributed by atoms with E-state index in [1.54, 1.807) is 13.0 Å². The SMILES string of the molecule is CC(=O)Cc1cc(C)cc([N+](=O)[O-])c1. The minimum atomic E-state index is -0.448. The molecule has 1 rings (SSSR count). The first-order chi connectivity index (χ1) is 6.49. The second kappa shape index (κ2) is 4.00. The topological polar surface area (TPSA) is 60.2 Å².